The van der Waals surface area contributed by atoms with E-state index in [0.717, 1.165) is 29.1 Å². The molecule has 5 heteroatoms. The van der Waals surface area contributed by atoms with Crippen molar-refractivity contribution in [1.82, 2.24) is 19.9 Å². The van der Waals surface area contributed by atoms with E-state index in [1.807, 2.05) is 12.1 Å². The Morgan fingerprint density at radius 2 is 2.14 bits per heavy atom. The van der Waals surface area contributed by atoms with Gasteiger partial charge in [0, 0.05) is 12.4 Å². The van der Waals surface area contributed by atoms with Gasteiger partial charge in [0.25, 0.3) is 0 Å². The zero-order valence-corrected chi connectivity index (χ0v) is 12.9. The van der Waals surface area contributed by atoms with Crippen LogP contribution in [0.1, 0.15) is 30.3 Å². The average molecular weight is 298 g/mol. The third-order valence-corrected chi connectivity index (χ3v) is 5.11. The molecule has 0 bridgehead atoms. The van der Waals surface area contributed by atoms with Crippen LogP contribution in [0.2, 0.25) is 0 Å². The van der Waals surface area contributed by atoms with Crippen LogP contribution in [0.5, 0.6) is 0 Å². The molecular formula is C16H18N4S. The summed E-state index contributed by atoms with van der Waals surface area (Å²) < 4.78 is 2.13. The normalized spacial score (nSPS) is 19.2. The van der Waals surface area contributed by atoms with Crippen LogP contribution in [0, 0.1) is 0 Å². The first-order valence-corrected chi connectivity index (χ1v) is 8.31. The Balaban J connectivity index is 1.72. The molecule has 108 valence electrons. The predicted octanol–water partition coefficient (Wildman–Crippen LogP) is 3.51. The first-order valence-electron chi connectivity index (χ1n) is 7.43. The highest BCUT2D eigenvalue weighted by atomic mass is 32.1. The minimum atomic E-state index is 0.423. The Morgan fingerprint density at radius 1 is 1.24 bits per heavy atom. The molecule has 1 saturated heterocycles. The maximum absolute atomic E-state index is 4.83. The molecule has 1 aliphatic rings. The minimum Gasteiger partial charge on any atom is -0.326 e. The van der Waals surface area contributed by atoms with E-state index in [-0.39, 0.29) is 0 Å². The SMILES string of the molecule is Cn1c(-c2csc(C3CCCCN3)n2)nc2ccccc21. The number of nitrogens with zero attached hydrogens (tertiary/aromatic N) is 3. The van der Waals surface area contributed by atoms with Crippen LogP contribution in [-0.4, -0.2) is 21.1 Å². The molecule has 4 nitrogen and oxygen atoms in total. The topological polar surface area (TPSA) is 42.7 Å². The number of aromatic nitrogens is 3. The van der Waals surface area contributed by atoms with Gasteiger partial charge in [0.05, 0.1) is 17.1 Å². The van der Waals surface area contributed by atoms with Crippen LogP contribution in [0.15, 0.2) is 29.6 Å². The molecule has 3 aromatic rings. The number of aryl methyl sites for hydroxylation is 1. The van der Waals surface area contributed by atoms with Crippen molar-refractivity contribution >= 4 is 22.4 Å². The van der Waals surface area contributed by atoms with Crippen molar-refractivity contribution in [3.05, 3.63) is 34.7 Å². The van der Waals surface area contributed by atoms with E-state index in [4.69, 9.17) is 9.97 Å². The summed E-state index contributed by atoms with van der Waals surface area (Å²) in [7, 11) is 2.06. The smallest absolute Gasteiger partial charge is 0.160 e. The maximum atomic E-state index is 4.83. The van der Waals surface area contributed by atoms with Crippen LogP contribution in [-0.2, 0) is 7.05 Å². The lowest BCUT2D eigenvalue weighted by Gasteiger charge is -2.21. The highest BCUT2D eigenvalue weighted by Crippen LogP contribution is 2.30. The molecule has 1 atom stereocenters. The third kappa shape index (κ3) is 2.26. The van der Waals surface area contributed by atoms with Crippen LogP contribution in [0.25, 0.3) is 22.6 Å². The Labute approximate surface area is 127 Å². The van der Waals surface area contributed by atoms with Crippen molar-refractivity contribution in [2.24, 2.45) is 7.05 Å². The first-order chi connectivity index (χ1) is 10.3. The first kappa shape index (κ1) is 13.0. The lowest BCUT2D eigenvalue weighted by Crippen LogP contribution is -2.26. The van der Waals surface area contributed by atoms with E-state index in [9.17, 15) is 0 Å². The van der Waals surface area contributed by atoms with Crippen molar-refractivity contribution in [3.63, 3.8) is 0 Å². The van der Waals surface area contributed by atoms with Gasteiger partial charge >= 0.3 is 0 Å². The fraction of sp³-hybridized carbons (Fsp3) is 0.375. The van der Waals surface area contributed by atoms with Crippen molar-refractivity contribution in [2.75, 3.05) is 6.54 Å². The molecular weight excluding hydrogens is 280 g/mol. The van der Waals surface area contributed by atoms with Crippen molar-refractivity contribution in [3.8, 4) is 11.5 Å². The Hall–Kier alpha value is -1.72. The number of thiazole rings is 1. The Morgan fingerprint density at radius 3 is 2.95 bits per heavy atom. The molecule has 0 amide bonds. The second-order valence-electron chi connectivity index (χ2n) is 5.56. The van der Waals surface area contributed by atoms with Crippen molar-refractivity contribution in [2.45, 2.75) is 25.3 Å². The molecule has 1 aromatic carbocycles. The van der Waals surface area contributed by atoms with Gasteiger partial charge in [0.15, 0.2) is 5.82 Å². The van der Waals surface area contributed by atoms with E-state index >= 15 is 0 Å². The summed E-state index contributed by atoms with van der Waals surface area (Å²) in [6, 6.07) is 8.65. The van der Waals surface area contributed by atoms with E-state index < -0.39 is 0 Å². The molecule has 1 fully saturated rings. The van der Waals surface area contributed by atoms with Gasteiger partial charge in [-0.2, -0.15) is 0 Å². The standard InChI is InChI=1S/C16H18N4S/c1-20-14-8-3-2-6-11(14)18-15(20)13-10-21-16(19-13)12-7-4-5-9-17-12/h2-3,6,8,10,12,17H,4-5,7,9H2,1H3. The average Bonchev–Trinajstić information content (AvgIpc) is 3.14. The summed E-state index contributed by atoms with van der Waals surface area (Å²) in [5.41, 5.74) is 3.17. The number of hydrogen-bond donors (Lipinski definition) is 1. The summed E-state index contributed by atoms with van der Waals surface area (Å²) in [5.74, 6) is 0.953. The zero-order valence-electron chi connectivity index (χ0n) is 12.0. The maximum Gasteiger partial charge on any atom is 0.160 e. The monoisotopic (exact) mass is 298 g/mol. The number of hydrogen-bond acceptors (Lipinski definition) is 4. The molecule has 1 aliphatic heterocycles. The fourth-order valence-corrected chi connectivity index (χ4v) is 3.89. The number of para-hydroxylation sites is 2. The van der Waals surface area contributed by atoms with Gasteiger partial charge < -0.3 is 9.88 Å². The van der Waals surface area contributed by atoms with Gasteiger partial charge in [-0.15, -0.1) is 11.3 Å². The van der Waals surface area contributed by atoms with Crippen LogP contribution < -0.4 is 5.32 Å². The van der Waals surface area contributed by atoms with Gasteiger partial charge in [0.1, 0.15) is 10.7 Å². The third-order valence-electron chi connectivity index (χ3n) is 4.15. The summed E-state index contributed by atoms with van der Waals surface area (Å²) >= 11 is 1.74. The second kappa shape index (κ2) is 5.24. The predicted molar refractivity (Wildman–Crippen MR) is 86.4 cm³/mol. The van der Waals surface area contributed by atoms with Gasteiger partial charge in [-0.3, -0.25) is 0 Å². The summed E-state index contributed by atoms with van der Waals surface area (Å²) in [4.78, 5) is 9.56. The molecule has 1 unspecified atom stereocenters. The number of nitrogens with one attached hydrogen (secondary N) is 1. The van der Waals surface area contributed by atoms with Crippen molar-refractivity contribution < 1.29 is 0 Å². The Kier molecular flexibility index (Phi) is 3.24. The van der Waals surface area contributed by atoms with Crippen LogP contribution in [0.4, 0.5) is 0 Å². The highest BCUT2D eigenvalue weighted by molar-refractivity contribution is 7.10. The van der Waals surface area contributed by atoms with E-state index in [1.54, 1.807) is 11.3 Å². The number of imidazole rings is 1. The molecule has 0 spiro atoms. The Bertz CT molecular complexity index is 768. The van der Waals surface area contributed by atoms with E-state index in [0.29, 0.717) is 6.04 Å². The van der Waals surface area contributed by atoms with Crippen molar-refractivity contribution in [1.29, 1.82) is 0 Å². The van der Waals surface area contributed by atoms with Crippen LogP contribution in [0.3, 0.4) is 0 Å². The van der Waals surface area contributed by atoms with Gasteiger partial charge in [-0.05, 0) is 31.5 Å². The lowest BCUT2D eigenvalue weighted by atomic mass is 10.1. The minimum absolute atomic E-state index is 0.423. The summed E-state index contributed by atoms with van der Waals surface area (Å²) in [6.45, 7) is 1.10. The summed E-state index contributed by atoms with van der Waals surface area (Å²) in [5, 5.41) is 6.89. The molecule has 3 heterocycles. The highest BCUT2D eigenvalue weighted by Gasteiger charge is 2.20. The number of rotatable bonds is 2. The molecule has 2 aromatic heterocycles. The molecule has 0 radical (unpaired) electrons. The molecule has 4 rings (SSSR count). The zero-order chi connectivity index (χ0) is 14.2. The van der Waals surface area contributed by atoms with Gasteiger partial charge in [-0.1, -0.05) is 18.6 Å². The number of fused-ring (bicyclic) bond motifs is 1. The molecule has 0 saturated carbocycles. The molecule has 0 aliphatic carbocycles. The van der Waals surface area contributed by atoms with Gasteiger partial charge in [0.2, 0.25) is 0 Å². The molecule has 1 N–H and O–H groups in total. The fourth-order valence-electron chi connectivity index (χ4n) is 2.99. The lowest BCUT2D eigenvalue weighted by molar-refractivity contribution is 0.411. The quantitative estimate of drug-likeness (QED) is 0.787. The second-order valence-corrected chi connectivity index (χ2v) is 6.45. The van der Waals surface area contributed by atoms with Crippen LogP contribution >= 0.6 is 11.3 Å². The number of piperidine rings is 1. The number of benzene rings is 1. The molecule has 21 heavy (non-hydrogen) atoms. The largest absolute Gasteiger partial charge is 0.326 e. The summed E-state index contributed by atoms with van der Waals surface area (Å²) in [6.07, 6.45) is 3.76. The van der Waals surface area contributed by atoms with Gasteiger partial charge in [-0.25, -0.2) is 9.97 Å². The van der Waals surface area contributed by atoms with E-state index in [1.165, 1.54) is 24.3 Å². The van der Waals surface area contributed by atoms with E-state index in [2.05, 4.69) is 34.4 Å².